The van der Waals surface area contributed by atoms with Crippen LogP contribution in [-0.2, 0) is 26.7 Å². The number of aromatic nitrogens is 3. The molecule has 2 heterocycles. The number of nitrogens with zero attached hydrogens (tertiary/aromatic N) is 4. The maximum Gasteiger partial charge on any atom is 0.192 e. The molecule has 1 aromatic carbocycles. The van der Waals surface area contributed by atoms with Gasteiger partial charge in [0.2, 0.25) is 0 Å². The molecule has 0 bridgehead atoms. The summed E-state index contributed by atoms with van der Waals surface area (Å²) in [6, 6.07) is 10.1. The van der Waals surface area contributed by atoms with E-state index in [4.69, 9.17) is 4.74 Å². The van der Waals surface area contributed by atoms with Crippen LogP contribution in [0.3, 0.4) is 0 Å². The third-order valence-electron chi connectivity index (χ3n) is 4.22. The van der Waals surface area contributed by atoms with Gasteiger partial charge in [-0.3, -0.25) is 0 Å². The lowest BCUT2D eigenvalue weighted by Crippen LogP contribution is -2.37. The molecule has 0 unspecified atom stereocenters. The summed E-state index contributed by atoms with van der Waals surface area (Å²) in [6.07, 6.45) is 0. The van der Waals surface area contributed by atoms with E-state index in [9.17, 15) is 0 Å². The van der Waals surface area contributed by atoms with Gasteiger partial charge < -0.3 is 19.9 Å². The molecule has 0 spiro atoms. The third kappa shape index (κ3) is 5.30. The van der Waals surface area contributed by atoms with Crippen LogP contribution in [0.15, 0.2) is 46.1 Å². The number of ether oxygens (including phenoxy) is 1. The fourth-order valence-electron chi connectivity index (χ4n) is 2.42. The molecule has 0 atom stereocenters. The summed E-state index contributed by atoms with van der Waals surface area (Å²) in [6.45, 7) is 3.77. The number of nitrogens with one attached hydrogen (secondary N) is 2. The van der Waals surface area contributed by atoms with E-state index >= 15 is 0 Å². The number of hydrogen-bond donors (Lipinski definition) is 2. The zero-order chi connectivity index (χ0) is 19.1. The van der Waals surface area contributed by atoms with Crippen LogP contribution in [0.2, 0.25) is 0 Å². The van der Waals surface area contributed by atoms with Crippen molar-refractivity contribution in [2.45, 2.75) is 26.6 Å². The minimum absolute atomic E-state index is 0.551. The number of hydrogen-bond acceptors (Lipinski definition) is 5. The van der Waals surface area contributed by atoms with Crippen LogP contribution < -0.4 is 15.4 Å². The first-order valence-corrected chi connectivity index (χ1v) is 9.61. The summed E-state index contributed by atoms with van der Waals surface area (Å²) in [4.78, 5) is 4.69. The molecule has 0 aliphatic rings. The Morgan fingerprint density at radius 3 is 2.52 bits per heavy atom. The Kier molecular flexibility index (Phi) is 6.43. The zero-order valence-electron chi connectivity index (χ0n) is 15.8. The normalized spacial score (nSPS) is 11.4. The molecule has 27 heavy (non-hydrogen) atoms. The van der Waals surface area contributed by atoms with Crippen LogP contribution in [0.1, 0.15) is 22.8 Å². The van der Waals surface area contributed by atoms with E-state index in [-0.39, 0.29) is 0 Å². The molecular formula is C19H24N6OS. The number of methoxy groups -OCH3 is 1. The Balaban J connectivity index is 1.64. The molecule has 0 radical (unpaired) electrons. The molecule has 0 aliphatic carbocycles. The van der Waals surface area contributed by atoms with Crippen molar-refractivity contribution in [3.8, 4) is 5.75 Å². The number of benzene rings is 1. The molecule has 7 nitrogen and oxygen atoms in total. The second kappa shape index (κ2) is 9.18. The van der Waals surface area contributed by atoms with Crippen LogP contribution in [-0.4, -0.2) is 27.8 Å². The lowest BCUT2D eigenvalue weighted by molar-refractivity contribution is 0.414. The van der Waals surface area contributed by atoms with E-state index in [0.717, 1.165) is 28.9 Å². The van der Waals surface area contributed by atoms with E-state index in [1.165, 1.54) is 5.56 Å². The monoisotopic (exact) mass is 384 g/mol. The van der Waals surface area contributed by atoms with E-state index in [1.54, 1.807) is 18.4 Å². The summed E-state index contributed by atoms with van der Waals surface area (Å²) >= 11 is 1.68. The number of guanidine groups is 1. The summed E-state index contributed by atoms with van der Waals surface area (Å²) in [5.74, 6) is 3.33. The molecule has 3 rings (SSSR count). The predicted molar refractivity (Wildman–Crippen MR) is 108 cm³/mol. The SMILES string of the molecule is COc1ccc(CNC(=NCc2ccsc2)NCc2nnc(C)n2C)cc1. The van der Waals surface area contributed by atoms with E-state index in [1.807, 2.05) is 42.8 Å². The Morgan fingerprint density at radius 2 is 1.89 bits per heavy atom. The highest BCUT2D eigenvalue weighted by atomic mass is 32.1. The number of aliphatic imine (C=N–C) groups is 1. The van der Waals surface area contributed by atoms with E-state index in [0.29, 0.717) is 19.6 Å². The fraction of sp³-hybridized carbons (Fsp3) is 0.316. The van der Waals surface area contributed by atoms with Gasteiger partial charge in [-0.1, -0.05) is 12.1 Å². The highest BCUT2D eigenvalue weighted by Crippen LogP contribution is 2.11. The van der Waals surface area contributed by atoms with Crippen LogP contribution in [0.4, 0.5) is 0 Å². The summed E-state index contributed by atoms with van der Waals surface area (Å²) in [7, 11) is 3.62. The molecule has 2 aromatic heterocycles. The molecule has 0 saturated heterocycles. The molecule has 142 valence electrons. The van der Waals surface area contributed by atoms with Crippen molar-refractivity contribution in [3.05, 3.63) is 63.9 Å². The van der Waals surface area contributed by atoms with Crippen molar-refractivity contribution in [1.82, 2.24) is 25.4 Å². The van der Waals surface area contributed by atoms with Crippen molar-refractivity contribution < 1.29 is 4.74 Å². The zero-order valence-corrected chi connectivity index (χ0v) is 16.6. The maximum absolute atomic E-state index is 5.20. The first kappa shape index (κ1) is 18.9. The topological polar surface area (TPSA) is 76.4 Å². The van der Waals surface area contributed by atoms with Crippen molar-refractivity contribution in [3.63, 3.8) is 0 Å². The van der Waals surface area contributed by atoms with Gasteiger partial charge in [-0.05, 0) is 47.0 Å². The van der Waals surface area contributed by atoms with Gasteiger partial charge >= 0.3 is 0 Å². The molecule has 3 aromatic rings. The quantitative estimate of drug-likeness (QED) is 0.484. The second-order valence-corrected chi connectivity index (χ2v) is 6.85. The highest BCUT2D eigenvalue weighted by Gasteiger charge is 2.07. The predicted octanol–water partition coefficient (Wildman–Crippen LogP) is 2.63. The van der Waals surface area contributed by atoms with Crippen LogP contribution in [0, 0.1) is 6.92 Å². The second-order valence-electron chi connectivity index (χ2n) is 6.07. The minimum atomic E-state index is 0.551. The van der Waals surface area contributed by atoms with E-state index < -0.39 is 0 Å². The van der Waals surface area contributed by atoms with E-state index in [2.05, 4.69) is 42.6 Å². The summed E-state index contributed by atoms with van der Waals surface area (Å²) < 4.78 is 7.17. The third-order valence-corrected chi connectivity index (χ3v) is 4.95. The fourth-order valence-corrected chi connectivity index (χ4v) is 3.08. The average molecular weight is 385 g/mol. The molecular weight excluding hydrogens is 360 g/mol. The van der Waals surface area contributed by atoms with Crippen LogP contribution in [0.25, 0.3) is 0 Å². The van der Waals surface area contributed by atoms with Crippen molar-refractivity contribution in [1.29, 1.82) is 0 Å². The summed E-state index contributed by atoms with van der Waals surface area (Å²) in [5.41, 5.74) is 2.34. The van der Waals surface area contributed by atoms with Gasteiger partial charge in [-0.2, -0.15) is 11.3 Å². The van der Waals surface area contributed by atoms with Crippen LogP contribution in [0.5, 0.6) is 5.75 Å². The Hall–Kier alpha value is -2.87. The smallest absolute Gasteiger partial charge is 0.192 e. The van der Waals surface area contributed by atoms with Crippen molar-refractivity contribution in [2.75, 3.05) is 7.11 Å². The van der Waals surface area contributed by atoms with Gasteiger partial charge in [0.15, 0.2) is 11.8 Å². The molecule has 2 N–H and O–H groups in total. The Labute approximate surface area is 163 Å². The van der Waals surface area contributed by atoms with Gasteiger partial charge in [-0.25, -0.2) is 4.99 Å². The summed E-state index contributed by atoms with van der Waals surface area (Å²) in [5, 5.41) is 19.2. The first-order valence-electron chi connectivity index (χ1n) is 8.67. The lowest BCUT2D eigenvalue weighted by Gasteiger charge is -2.13. The average Bonchev–Trinajstić information content (AvgIpc) is 3.33. The van der Waals surface area contributed by atoms with Gasteiger partial charge in [0, 0.05) is 13.6 Å². The molecule has 0 amide bonds. The number of aryl methyl sites for hydroxylation is 1. The molecule has 0 aliphatic heterocycles. The van der Waals surface area contributed by atoms with Crippen LogP contribution >= 0.6 is 11.3 Å². The largest absolute Gasteiger partial charge is 0.497 e. The molecule has 0 saturated carbocycles. The highest BCUT2D eigenvalue weighted by molar-refractivity contribution is 7.07. The number of thiophene rings is 1. The van der Waals surface area contributed by atoms with Crippen molar-refractivity contribution in [2.24, 2.45) is 12.0 Å². The standard InChI is InChI=1S/C19H24N6OS/c1-14-23-24-18(25(14)2)12-22-19(21-11-16-8-9-27-13-16)20-10-15-4-6-17(26-3)7-5-15/h4-9,13H,10-12H2,1-3H3,(H2,20,21,22). The molecule has 0 fully saturated rings. The molecule has 8 heteroatoms. The van der Waals surface area contributed by atoms with Gasteiger partial charge in [0.05, 0.1) is 20.2 Å². The minimum Gasteiger partial charge on any atom is -0.497 e. The first-order chi connectivity index (χ1) is 13.2. The Bertz CT molecular complexity index is 870. The van der Waals surface area contributed by atoms with Gasteiger partial charge in [0.25, 0.3) is 0 Å². The Morgan fingerprint density at radius 1 is 1.11 bits per heavy atom. The van der Waals surface area contributed by atoms with Gasteiger partial charge in [-0.15, -0.1) is 10.2 Å². The van der Waals surface area contributed by atoms with Gasteiger partial charge in [0.1, 0.15) is 11.6 Å². The lowest BCUT2D eigenvalue weighted by atomic mass is 10.2. The number of rotatable bonds is 7. The maximum atomic E-state index is 5.20. The van der Waals surface area contributed by atoms with Crippen molar-refractivity contribution >= 4 is 17.3 Å².